The molecule has 0 atom stereocenters. The van der Waals surface area contributed by atoms with Crippen molar-refractivity contribution in [3.8, 4) is 5.75 Å². The fraction of sp³-hybridized carbons (Fsp3) is 0.214. The molecule has 2 aromatic rings. The van der Waals surface area contributed by atoms with Gasteiger partial charge in [0.25, 0.3) is 0 Å². The molecule has 3 nitrogen and oxygen atoms in total. The minimum atomic E-state index is 0.616. The quantitative estimate of drug-likeness (QED) is 0.792. The average molecular weight is 342 g/mol. The summed E-state index contributed by atoms with van der Waals surface area (Å²) < 4.78 is 6.46. The summed E-state index contributed by atoms with van der Waals surface area (Å²) in [6.07, 6.45) is 2.51. The minimum absolute atomic E-state index is 0.616. The van der Waals surface area contributed by atoms with Crippen molar-refractivity contribution in [2.45, 2.75) is 6.42 Å². The van der Waals surface area contributed by atoms with E-state index in [0.717, 1.165) is 29.0 Å². The smallest absolute Gasteiger partial charge is 0.140 e. The Labute approximate surface area is 126 Å². The van der Waals surface area contributed by atoms with Crippen LogP contribution in [0.4, 0.5) is 5.82 Å². The zero-order valence-electron chi connectivity index (χ0n) is 10.3. The number of aromatic nitrogens is 1. The first-order valence-corrected chi connectivity index (χ1v) is 7.15. The SMILES string of the molecule is Clc1cnc(NCCCOc2ccccc2)c(Br)c1. The highest BCUT2D eigenvalue weighted by Gasteiger charge is 2.01. The van der Waals surface area contributed by atoms with E-state index in [1.165, 1.54) is 0 Å². The molecule has 0 unspecified atom stereocenters. The first kappa shape index (κ1) is 14.2. The van der Waals surface area contributed by atoms with Gasteiger partial charge in [0.05, 0.1) is 16.1 Å². The lowest BCUT2D eigenvalue weighted by Gasteiger charge is -2.08. The lowest BCUT2D eigenvalue weighted by molar-refractivity contribution is 0.315. The van der Waals surface area contributed by atoms with E-state index < -0.39 is 0 Å². The largest absolute Gasteiger partial charge is 0.494 e. The van der Waals surface area contributed by atoms with Crippen LogP contribution in [0.3, 0.4) is 0 Å². The highest BCUT2D eigenvalue weighted by molar-refractivity contribution is 9.10. The predicted molar refractivity (Wildman–Crippen MR) is 82.0 cm³/mol. The van der Waals surface area contributed by atoms with Gasteiger partial charge in [0.1, 0.15) is 11.6 Å². The van der Waals surface area contributed by atoms with Crippen molar-refractivity contribution in [1.29, 1.82) is 0 Å². The number of hydrogen-bond acceptors (Lipinski definition) is 3. The van der Waals surface area contributed by atoms with Crippen molar-refractivity contribution in [3.63, 3.8) is 0 Å². The number of hydrogen-bond donors (Lipinski definition) is 1. The highest BCUT2D eigenvalue weighted by atomic mass is 79.9. The predicted octanol–water partition coefficient (Wildman–Crippen LogP) is 4.38. The van der Waals surface area contributed by atoms with Gasteiger partial charge < -0.3 is 10.1 Å². The van der Waals surface area contributed by atoms with Crippen LogP contribution in [0.15, 0.2) is 47.1 Å². The molecule has 1 aromatic carbocycles. The van der Waals surface area contributed by atoms with Gasteiger partial charge in [0.15, 0.2) is 0 Å². The first-order chi connectivity index (χ1) is 9.25. The van der Waals surface area contributed by atoms with E-state index in [0.29, 0.717) is 11.6 Å². The van der Waals surface area contributed by atoms with E-state index in [1.807, 2.05) is 36.4 Å². The Balaban J connectivity index is 1.69. The van der Waals surface area contributed by atoms with Gasteiger partial charge >= 0.3 is 0 Å². The number of anilines is 1. The van der Waals surface area contributed by atoms with Crippen LogP contribution in [0.2, 0.25) is 5.02 Å². The molecule has 0 amide bonds. The Kier molecular flexibility index (Phi) is 5.48. The molecule has 1 heterocycles. The summed E-state index contributed by atoms with van der Waals surface area (Å²) in [5, 5.41) is 3.85. The zero-order chi connectivity index (χ0) is 13.5. The van der Waals surface area contributed by atoms with Gasteiger partial charge in [0, 0.05) is 12.7 Å². The van der Waals surface area contributed by atoms with Crippen LogP contribution < -0.4 is 10.1 Å². The molecule has 1 N–H and O–H groups in total. The Hall–Kier alpha value is -1.26. The van der Waals surface area contributed by atoms with E-state index in [-0.39, 0.29) is 0 Å². The van der Waals surface area contributed by atoms with Crippen molar-refractivity contribution in [2.75, 3.05) is 18.5 Å². The van der Waals surface area contributed by atoms with Crippen LogP contribution >= 0.6 is 27.5 Å². The highest BCUT2D eigenvalue weighted by Crippen LogP contribution is 2.22. The van der Waals surface area contributed by atoms with E-state index in [9.17, 15) is 0 Å². The number of ether oxygens (including phenoxy) is 1. The van der Waals surface area contributed by atoms with E-state index >= 15 is 0 Å². The number of nitrogens with one attached hydrogen (secondary N) is 1. The summed E-state index contributed by atoms with van der Waals surface area (Å²) in [4.78, 5) is 4.20. The van der Waals surface area contributed by atoms with Gasteiger partial charge in [-0.25, -0.2) is 4.98 Å². The molecule has 0 spiro atoms. The van der Waals surface area contributed by atoms with Gasteiger partial charge in [-0.3, -0.25) is 0 Å². The van der Waals surface area contributed by atoms with Crippen molar-refractivity contribution in [1.82, 2.24) is 4.98 Å². The molecule has 19 heavy (non-hydrogen) atoms. The average Bonchev–Trinajstić information content (AvgIpc) is 2.42. The summed E-state index contributed by atoms with van der Waals surface area (Å²) >= 11 is 9.24. The fourth-order valence-corrected chi connectivity index (χ4v) is 2.31. The van der Waals surface area contributed by atoms with Gasteiger partial charge in [-0.15, -0.1) is 0 Å². The third-order valence-corrected chi connectivity index (χ3v) is 3.24. The van der Waals surface area contributed by atoms with Crippen LogP contribution in [-0.4, -0.2) is 18.1 Å². The number of halogens is 2. The molecule has 0 saturated carbocycles. The maximum Gasteiger partial charge on any atom is 0.140 e. The van der Waals surface area contributed by atoms with Crippen molar-refractivity contribution >= 4 is 33.3 Å². The van der Waals surface area contributed by atoms with Crippen molar-refractivity contribution < 1.29 is 4.74 Å². The minimum Gasteiger partial charge on any atom is -0.494 e. The Morgan fingerprint density at radius 2 is 2.05 bits per heavy atom. The Morgan fingerprint density at radius 3 is 2.79 bits per heavy atom. The molecule has 0 saturated heterocycles. The second kappa shape index (κ2) is 7.36. The molecule has 0 aliphatic carbocycles. The first-order valence-electron chi connectivity index (χ1n) is 5.98. The van der Waals surface area contributed by atoms with E-state index in [2.05, 4.69) is 26.2 Å². The number of pyridine rings is 1. The van der Waals surface area contributed by atoms with Crippen LogP contribution in [0.1, 0.15) is 6.42 Å². The number of nitrogens with zero attached hydrogens (tertiary/aromatic N) is 1. The lowest BCUT2D eigenvalue weighted by atomic mass is 10.3. The van der Waals surface area contributed by atoms with Gasteiger partial charge in [-0.1, -0.05) is 29.8 Å². The molecule has 0 radical (unpaired) electrons. The van der Waals surface area contributed by atoms with Crippen molar-refractivity contribution in [2.24, 2.45) is 0 Å². The van der Waals surface area contributed by atoms with Crippen LogP contribution in [0.5, 0.6) is 5.75 Å². The fourth-order valence-electron chi connectivity index (χ4n) is 1.53. The molecule has 5 heteroatoms. The van der Waals surface area contributed by atoms with Gasteiger partial charge in [-0.05, 0) is 40.5 Å². The second-order valence-electron chi connectivity index (χ2n) is 3.93. The molecule has 0 fully saturated rings. The summed E-state index contributed by atoms with van der Waals surface area (Å²) in [6.45, 7) is 1.46. The Bertz CT molecular complexity index is 522. The van der Waals surface area contributed by atoms with Crippen LogP contribution in [0.25, 0.3) is 0 Å². The zero-order valence-corrected chi connectivity index (χ0v) is 12.6. The maximum absolute atomic E-state index is 5.83. The molecular formula is C14H14BrClN2O. The molecule has 2 rings (SSSR count). The van der Waals surface area contributed by atoms with Crippen LogP contribution in [-0.2, 0) is 0 Å². The van der Waals surface area contributed by atoms with Gasteiger partial charge in [0.2, 0.25) is 0 Å². The van der Waals surface area contributed by atoms with E-state index in [4.69, 9.17) is 16.3 Å². The summed E-state index contributed by atoms with van der Waals surface area (Å²) in [7, 11) is 0. The number of para-hydroxylation sites is 1. The molecule has 100 valence electrons. The lowest BCUT2D eigenvalue weighted by Crippen LogP contribution is -2.08. The summed E-state index contributed by atoms with van der Waals surface area (Å²) in [6, 6.07) is 11.6. The third-order valence-electron chi connectivity index (χ3n) is 2.43. The monoisotopic (exact) mass is 340 g/mol. The molecule has 0 aliphatic rings. The third kappa shape index (κ3) is 4.73. The molecule has 1 aromatic heterocycles. The molecular weight excluding hydrogens is 328 g/mol. The summed E-state index contributed by atoms with van der Waals surface area (Å²) in [5.41, 5.74) is 0. The number of benzene rings is 1. The normalized spacial score (nSPS) is 10.2. The number of rotatable bonds is 6. The van der Waals surface area contributed by atoms with Gasteiger partial charge in [-0.2, -0.15) is 0 Å². The molecule has 0 aliphatic heterocycles. The van der Waals surface area contributed by atoms with E-state index in [1.54, 1.807) is 6.20 Å². The summed E-state index contributed by atoms with van der Waals surface area (Å²) in [5.74, 6) is 1.69. The second-order valence-corrected chi connectivity index (χ2v) is 5.22. The van der Waals surface area contributed by atoms with Crippen LogP contribution in [0, 0.1) is 0 Å². The van der Waals surface area contributed by atoms with Crippen molar-refractivity contribution in [3.05, 3.63) is 52.1 Å². The Morgan fingerprint density at radius 1 is 1.26 bits per heavy atom. The maximum atomic E-state index is 5.83. The molecule has 0 bridgehead atoms. The topological polar surface area (TPSA) is 34.2 Å². The standard InChI is InChI=1S/C14H14BrClN2O/c15-13-9-11(16)10-18-14(13)17-7-4-8-19-12-5-2-1-3-6-12/h1-3,5-6,9-10H,4,7-8H2,(H,17,18).